The van der Waals surface area contributed by atoms with E-state index in [-0.39, 0.29) is 5.91 Å². The van der Waals surface area contributed by atoms with Gasteiger partial charge >= 0.3 is 5.97 Å². The molecular formula is C15H21NO3S. The van der Waals surface area contributed by atoms with E-state index in [1.54, 1.807) is 36.0 Å². The Labute approximate surface area is 124 Å². The van der Waals surface area contributed by atoms with E-state index in [4.69, 9.17) is 5.11 Å². The third-order valence-electron chi connectivity index (χ3n) is 2.83. The summed E-state index contributed by atoms with van der Waals surface area (Å²) in [4.78, 5) is 23.1. The summed E-state index contributed by atoms with van der Waals surface area (Å²) in [5, 5.41) is 11.7. The van der Waals surface area contributed by atoms with Crippen LogP contribution in [0.1, 0.15) is 36.5 Å². The molecule has 20 heavy (non-hydrogen) atoms. The summed E-state index contributed by atoms with van der Waals surface area (Å²) < 4.78 is 0. The van der Waals surface area contributed by atoms with Crippen LogP contribution in [0.3, 0.4) is 0 Å². The van der Waals surface area contributed by atoms with Crippen LogP contribution in [-0.4, -0.2) is 34.5 Å². The van der Waals surface area contributed by atoms with Crippen molar-refractivity contribution >= 4 is 23.6 Å². The van der Waals surface area contributed by atoms with Crippen molar-refractivity contribution in [1.29, 1.82) is 0 Å². The molecule has 1 atom stereocenters. The molecule has 0 aliphatic carbocycles. The molecule has 1 amide bonds. The smallest absolute Gasteiger partial charge is 0.326 e. The Kier molecular flexibility index (Phi) is 7.80. The van der Waals surface area contributed by atoms with Crippen LogP contribution < -0.4 is 5.32 Å². The second kappa shape index (κ2) is 9.42. The van der Waals surface area contributed by atoms with Crippen LogP contribution in [0.15, 0.2) is 30.3 Å². The van der Waals surface area contributed by atoms with E-state index in [0.717, 1.165) is 24.3 Å². The molecule has 1 aromatic carbocycles. The molecule has 0 fully saturated rings. The number of unbranched alkanes of at least 4 members (excludes halogenated alkanes) is 1. The zero-order valence-corrected chi connectivity index (χ0v) is 12.5. The highest BCUT2D eigenvalue weighted by Gasteiger charge is 2.20. The van der Waals surface area contributed by atoms with Crippen LogP contribution in [-0.2, 0) is 4.79 Å². The van der Waals surface area contributed by atoms with E-state index in [1.807, 2.05) is 6.07 Å². The Morgan fingerprint density at radius 3 is 2.55 bits per heavy atom. The van der Waals surface area contributed by atoms with Gasteiger partial charge in [0.1, 0.15) is 6.04 Å². The van der Waals surface area contributed by atoms with Gasteiger partial charge in [0.25, 0.3) is 5.91 Å². The first-order chi connectivity index (χ1) is 9.65. The number of thioether (sulfide) groups is 1. The summed E-state index contributed by atoms with van der Waals surface area (Å²) in [7, 11) is 0. The largest absolute Gasteiger partial charge is 0.480 e. The van der Waals surface area contributed by atoms with Gasteiger partial charge in [0, 0.05) is 5.56 Å². The van der Waals surface area contributed by atoms with Crippen molar-refractivity contribution in [2.45, 2.75) is 32.2 Å². The van der Waals surface area contributed by atoms with Gasteiger partial charge < -0.3 is 10.4 Å². The van der Waals surface area contributed by atoms with E-state index in [9.17, 15) is 9.59 Å². The van der Waals surface area contributed by atoms with Crippen LogP contribution in [0.5, 0.6) is 0 Å². The summed E-state index contributed by atoms with van der Waals surface area (Å²) in [6, 6.07) is 7.85. The fourth-order valence-corrected chi connectivity index (χ4v) is 2.74. The van der Waals surface area contributed by atoms with E-state index >= 15 is 0 Å². The molecule has 0 aromatic heterocycles. The van der Waals surface area contributed by atoms with Gasteiger partial charge in [0.15, 0.2) is 0 Å². The highest BCUT2D eigenvalue weighted by Crippen LogP contribution is 2.09. The zero-order valence-electron chi connectivity index (χ0n) is 11.7. The Bertz CT molecular complexity index is 422. The summed E-state index contributed by atoms with van der Waals surface area (Å²) >= 11 is 1.73. The van der Waals surface area contributed by atoms with Crippen LogP contribution in [0, 0.1) is 0 Å². The number of hydrogen-bond donors (Lipinski definition) is 2. The van der Waals surface area contributed by atoms with E-state index in [1.165, 1.54) is 0 Å². The standard InChI is InChI=1S/C15H21NO3S/c1-2-3-10-20-11-9-13(15(18)19)16-14(17)12-7-5-4-6-8-12/h4-8,13H,2-3,9-11H2,1H3,(H,16,17)(H,18,19)/t13-/m0/s1. The van der Waals surface area contributed by atoms with Crippen molar-refractivity contribution in [3.63, 3.8) is 0 Å². The van der Waals surface area contributed by atoms with Crippen molar-refractivity contribution in [3.8, 4) is 0 Å². The number of carbonyl (C=O) groups excluding carboxylic acids is 1. The molecule has 0 saturated heterocycles. The monoisotopic (exact) mass is 295 g/mol. The van der Waals surface area contributed by atoms with Gasteiger partial charge in [0.2, 0.25) is 0 Å². The number of carboxylic acids is 1. The Morgan fingerprint density at radius 1 is 1.25 bits per heavy atom. The van der Waals surface area contributed by atoms with Crippen molar-refractivity contribution in [2.24, 2.45) is 0 Å². The average Bonchev–Trinajstić information content (AvgIpc) is 2.46. The summed E-state index contributed by atoms with van der Waals surface area (Å²) in [5.74, 6) is 0.462. The first kappa shape index (κ1) is 16.6. The first-order valence-electron chi connectivity index (χ1n) is 6.81. The molecule has 0 heterocycles. The number of carbonyl (C=O) groups is 2. The molecule has 110 valence electrons. The highest BCUT2D eigenvalue weighted by atomic mass is 32.2. The van der Waals surface area contributed by atoms with E-state index in [0.29, 0.717) is 12.0 Å². The van der Waals surface area contributed by atoms with Gasteiger partial charge in [-0.05, 0) is 36.5 Å². The lowest BCUT2D eigenvalue weighted by Gasteiger charge is -2.14. The second-order valence-electron chi connectivity index (χ2n) is 4.48. The molecule has 1 rings (SSSR count). The number of benzene rings is 1. The van der Waals surface area contributed by atoms with Gasteiger partial charge in [-0.1, -0.05) is 31.5 Å². The summed E-state index contributed by atoms with van der Waals surface area (Å²) in [6.45, 7) is 2.13. The maximum Gasteiger partial charge on any atom is 0.326 e. The third-order valence-corrected chi connectivity index (χ3v) is 3.93. The quantitative estimate of drug-likeness (QED) is 0.688. The number of nitrogens with one attached hydrogen (secondary N) is 1. The maximum atomic E-state index is 11.9. The molecule has 0 radical (unpaired) electrons. The fraction of sp³-hybridized carbons (Fsp3) is 0.467. The van der Waals surface area contributed by atoms with E-state index in [2.05, 4.69) is 12.2 Å². The van der Waals surface area contributed by atoms with E-state index < -0.39 is 12.0 Å². The highest BCUT2D eigenvalue weighted by molar-refractivity contribution is 7.99. The van der Waals surface area contributed by atoms with Crippen molar-refractivity contribution < 1.29 is 14.7 Å². The Hall–Kier alpha value is -1.49. The molecule has 0 saturated carbocycles. The Morgan fingerprint density at radius 2 is 1.95 bits per heavy atom. The molecule has 4 nitrogen and oxygen atoms in total. The normalized spacial score (nSPS) is 11.8. The minimum atomic E-state index is -0.981. The summed E-state index contributed by atoms with van der Waals surface area (Å²) in [6.07, 6.45) is 2.72. The zero-order chi connectivity index (χ0) is 14.8. The molecule has 0 unspecified atom stereocenters. The van der Waals surface area contributed by atoms with Crippen molar-refractivity contribution in [2.75, 3.05) is 11.5 Å². The second-order valence-corrected chi connectivity index (χ2v) is 5.71. The molecule has 0 bridgehead atoms. The summed E-state index contributed by atoms with van der Waals surface area (Å²) in [5.41, 5.74) is 0.484. The third kappa shape index (κ3) is 6.10. The fourth-order valence-electron chi connectivity index (χ4n) is 1.64. The molecule has 0 spiro atoms. The number of aliphatic carboxylic acids is 1. The lowest BCUT2D eigenvalue weighted by molar-refractivity contribution is -0.139. The van der Waals surface area contributed by atoms with Crippen LogP contribution >= 0.6 is 11.8 Å². The molecular weight excluding hydrogens is 274 g/mol. The van der Waals surface area contributed by atoms with Crippen molar-refractivity contribution in [1.82, 2.24) is 5.32 Å². The number of carboxylic acid groups (broad SMARTS) is 1. The Balaban J connectivity index is 2.43. The molecule has 0 aliphatic heterocycles. The van der Waals surface area contributed by atoms with Crippen molar-refractivity contribution in [3.05, 3.63) is 35.9 Å². The predicted molar refractivity (Wildman–Crippen MR) is 82.2 cm³/mol. The number of rotatable bonds is 9. The van der Waals surface area contributed by atoms with Gasteiger partial charge in [0.05, 0.1) is 0 Å². The van der Waals surface area contributed by atoms with Crippen LogP contribution in [0.2, 0.25) is 0 Å². The average molecular weight is 295 g/mol. The number of amides is 1. The molecule has 2 N–H and O–H groups in total. The van der Waals surface area contributed by atoms with Gasteiger partial charge in [-0.25, -0.2) is 4.79 Å². The van der Waals surface area contributed by atoms with Crippen LogP contribution in [0.4, 0.5) is 0 Å². The predicted octanol–water partition coefficient (Wildman–Crippen LogP) is 2.79. The molecule has 1 aromatic rings. The number of hydrogen-bond acceptors (Lipinski definition) is 3. The van der Waals surface area contributed by atoms with Gasteiger partial charge in [-0.2, -0.15) is 11.8 Å². The molecule has 0 aliphatic rings. The topological polar surface area (TPSA) is 66.4 Å². The van der Waals surface area contributed by atoms with Gasteiger partial charge in [-0.3, -0.25) is 4.79 Å². The lowest BCUT2D eigenvalue weighted by atomic mass is 10.1. The SMILES string of the molecule is CCCCSCC[C@H](NC(=O)c1ccccc1)C(=O)O. The maximum absolute atomic E-state index is 11.9. The minimum absolute atomic E-state index is 0.337. The molecule has 5 heteroatoms. The minimum Gasteiger partial charge on any atom is -0.480 e. The lowest BCUT2D eigenvalue weighted by Crippen LogP contribution is -2.41. The van der Waals surface area contributed by atoms with Crippen LogP contribution in [0.25, 0.3) is 0 Å². The van der Waals surface area contributed by atoms with Gasteiger partial charge in [-0.15, -0.1) is 0 Å². The first-order valence-corrected chi connectivity index (χ1v) is 7.97.